The van der Waals surface area contributed by atoms with E-state index in [9.17, 15) is 9.59 Å². The van der Waals surface area contributed by atoms with Crippen LogP contribution in [0.3, 0.4) is 0 Å². The van der Waals surface area contributed by atoms with Crippen LogP contribution in [0, 0.1) is 13.8 Å². The lowest BCUT2D eigenvalue weighted by Gasteiger charge is -2.24. The molecular formula is C17H18ClN3O2S. The van der Waals surface area contributed by atoms with Gasteiger partial charge in [-0.2, -0.15) is 0 Å². The van der Waals surface area contributed by atoms with Gasteiger partial charge in [-0.3, -0.25) is 14.2 Å². The summed E-state index contributed by atoms with van der Waals surface area (Å²) in [6.45, 7) is 4.20. The van der Waals surface area contributed by atoms with E-state index in [1.807, 2.05) is 29.2 Å². The largest absolute Gasteiger partial charge is 0.324 e. The van der Waals surface area contributed by atoms with Crippen molar-refractivity contribution in [1.82, 2.24) is 14.5 Å². The molecule has 1 aromatic heterocycles. The molecular weight excluding hydrogens is 346 g/mol. The molecule has 0 radical (unpaired) electrons. The van der Waals surface area contributed by atoms with Crippen molar-refractivity contribution < 1.29 is 4.79 Å². The highest BCUT2D eigenvalue weighted by Gasteiger charge is 2.30. The molecule has 1 unspecified atom stereocenters. The molecule has 1 aliphatic heterocycles. The van der Waals surface area contributed by atoms with Crippen molar-refractivity contribution in [2.75, 3.05) is 12.3 Å². The number of aryl methyl sites for hydroxylation is 1. The second kappa shape index (κ2) is 6.99. The molecule has 126 valence electrons. The predicted octanol–water partition coefficient (Wildman–Crippen LogP) is 2.79. The third-order valence-electron chi connectivity index (χ3n) is 4.19. The Morgan fingerprint density at radius 3 is 2.75 bits per heavy atom. The minimum Gasteiger partial charge on any atom is -0.324 e. The van der Waals surface area contributed by atoms with E-state index in [4.69, 9.17) is 11.6 Å². The molecule has 0 bridgehead atoms. The Bertz CT molecular complexity index is 820. The van der Waals surface area contributed by atoms with Crippen LogP contribution < -0.4 is 5.56 Å². The van der Waals surface area contributed by atoms with E-state index >= 15 is 0 Å². The van der Waals surface area contributed by atoms with Crippen LogP contribution in [-0.4, -0.2) is 32.7 Å². The van der Waals surface area contributed by atoms with Crippen LogP contribution >= 0.6 is 23.4 Å². The lowest BCUT2D eigenvalue weighted by atomic mass is 10.2. The number of hydrogen-bond donors (Lipinski definition) is 0. The number of benzene rings is 1. The van der Waals surface area contributed by atoms with Crippen LogP contribution in [0.2, 0.25) is 5.02 Å². The number of rotatable bonds is 3. The first-order chi connectivity index (χ1) is 11.5. The second-order valence-corrected chi connectivity index (χ2v) is 7.37. The monoisotopic (exact) mass is 363 g/mol. The summed E-state index contributed by atoms with van der Waals surface area (Å²) < 4.78 is 1.38. The van der Waals surface area contributed by atoms with E-state index in [2.05, 4.69) is 4.98 Å². The van der Waals surface area contributed by atoms with E-state index < -0.39 is 0 Å². The average Bonchev–Trinajstić information content (AvgIpc) is 3.06. The van der Waals surface area contributed by atoms with Crippen LogP contribution in [0.1, 0.15) is 22.2 Å². The van der Waals surface area contributed by atoms with Crippen molar-refractivity contribution in [1.29, 1.82) is 0 Å². The van der Waals surface area contributed by atoms with E-state index in [0.29, 0.717) is 22.8 Å². The van der Waals surface area contributed by atoms with Gasteiger partial charge in [-0.1, -0.05) is 23.7 Å². The van der Waals surface area contributed by atoms with Crippen LogP contribution in [0.5, 0.6) is 0 Å². The van der Waals surface area contributed by atoms with Crippen LogP contribution in [0.4, 0.5) is 0 Å². The highest BCUT2D eigenvalue weighted by molar-refractivity contribution is 7.99. The summed E-state index contributed by atoms with van der Waals surface area (Å²) >= 11 is 7.65. The van der Waals surface area contributed by atoms with Gasteiger partial charge in [0.25, 0.3) is 5.56 Å². The number of nitrogens with zero attached hydrogens (tertiary/aromatic N) is 3. The number of carbonyl (C=O) groups excluding carboxylic acids is 1. The Morgan fingerprint density at radius 2 is 2.04 bits per heavy atom. The van der Waals surface area contributed by atoms with Crippen LogP contribution in [0.25, 0.3) is 0 Å². The maximum Gasteiger partial charge on any atom is 0.256 e. The van der Waals surface area contributed by atoms with Crippen molar-refractivity contribution in [2.45, 2.75) is 25.8 Å². The van der Waals surface area contributed by atoms with Gasteiger partial charge in [-0.25, -0.2) is 4.98 Å². The lowest BCUT2D eigenvalue weighted by Crippen LogP contribution is -2.36. The molecule has 0 aliphatic carbocycles. The molecule has 2 aromatic rings. The molecule has 0 saturated carbocycles. The third kappa shape index (κ3) is 3.35. The van der Waals surface area contributed by atoms with Gasteiger partial charge < -0.3 is 4.90 Å². The Labute approximate surface area is 149 Å². The number of thioether (sulfide) groups is 1. The van der Waals surface area contributed by atoms with E-state index in [1.54, 1.807) is 25.6 Å². The molecule has 1 amide bonds. The Balaban J connectivity index is 1.80. The molecule has 7 heteroatoms. The SMILES string of the molecule is Cc1ncn(CC(=O)N2CCSC2c2ccc(Cl)cc2)c(=O)c1C. The van der Waals surface area contributed by atoms with Crippen molar-refractivity contribution in [3.8, 4) is 0 Å². The fourth-order valence-corrected chi connectivity index (χ4v) is 4.06. The van der Waals surface area contributed by atoms with E-state index in [0.717, 1.165) is 11.3 Å². The van der Waals surface area contributed by atoms with Gasteiger partial charge in [-0.15, -0.1) is 11.8 Å². The van der Waals surface area contributed by atoms with Gasteiger partial charge in [0.1, 0.15) is 11.9 Å². The van der Waals surface area contributed by atoms with E-state index in [-0.39, 0.29) is 23.4 Å². The molecule has 1 fully saturated rings. The minimum atomic E-state index is -0.161. The average molecular weight is 364 g/mol. The standard InChI is InChI=1S/C17H18ClN3O2S/c1-11-12(2)19-10-20(16(11)23)9-15(22)21-7-8-24-17(21)13-3-5-14(18)6-4-13/h3-6,10,17H,7-9H2,1-2H3. The zero-order valence-corrected chi connectivity index (χ0v) is 15.1. The molecule has 5 nitrogen and oxygen atoms in total. The first-order valence-corrected chi connectivity index (χ1v) is 9.09. The highest BCUT2D eigenvalue weighted by atomic mass is 35.5. The molecule has 1 atom stereocenters. The van der Waals surface area contributed by atoms with Gasteiger partial charge in [0.2, 0.25) is 5.91 Å². The van der Waals surface area contributed by atoms with Gasteiger partial charge in [-0.05, 0) is 31.5 Å². The summed E-state index contributed by atoms with van der Waals surface area (Å²) in [5, 5.41) is 0.636. The molecule has 1 aliphatic rings. The minimum absolute atomic E-state index is 0.0115. The van der Waals surface area contributed by atoms with Crippen molar-refractivity contribution >= 4 is 29.3 Å². The topological polar surface area (TPSA) is 55.2 Å². The zero-order chi connectivity index (χ0) is 17.3. The Morgan fingerprint density at radius 1 is 1.33 bits per heavy atom. The molecule has 0 spiro atoms. The van der Waals surface area contributed by atoms with Crippen molar-refractivity contribution in [2.24, 2.45) is 0 Å². The normalized spacial score (nSPS) is 17.3. The van der Waals surface area contributed by atoms with Gasteiger partial charge in [0.15, 0.2) is 0 Å². The summed E-state index contributed by atoms with van der Waals surface area (Å²) in [6, 6.07) is 7.54. The zero-order valence-electron chi connectivity index (χ0n) is 13.5. The summed E-state index contributed by atoms with van der Waals surface area (Å²) in [7, 11) is 0. The van der Waals surface area contributed by atoms with Gasteiger partial charge in [0.05, 0.1) is 6.33 Å². The number of hydrogen-bond acceptors (Lipinski definition) is 4. The molecule has 0 N–H and O–H groups in total. The van der Waals surface area contributed by atoms with Crippen LogP contribution in [0.15, 0.2) is 35.4 Å². The van der Waals surface area contributed by atoms with E-state index in [1.165, 1.54) is 10.9 Å². The highest BCUT2D eigenvalue weighted by Crippen LogP contribution is 2.38. The molecule has 2 heterocycles. The van der Waals surface area contributed by atoms with Gasteiger partial charge >= 0.3 is 0 Å². The van der Waals surface area contributed by atoms with Crippen molar-refractivity contribution in [3.05, 3.63) is 62.8 Å². The number of aromatic nitrogens is 2. The quantitative estimate of drug-likeness (QED) is 0.841. The fraction of sp³-hybridized carbons (Fsp3) is 0.353. The van der Waals surface area contributed by atoms with Crippen molar-refractivity contribution in [3.63, 3.8) is 0 Å². The Hall–Kier alpha value is -1.79. The number of carbonyl (C=O) groups is 1. The smallest absolute Gasteiger partial charge is 0.256 e. The summed E-state index contributed by atoms with van der Waals surface area (Å²) in [5.41, 5.74) is 2.15. The summed E-state index contributed by atoms with van der Waals surface area (Å²) in [6.07, 6.45) is 1.45. The Kier molecular flexibility index (Phi) is 4.96. The second-order valence-electron chi connectivity index (χ2n) is 5.75. The first-order valence-electron chi connectivity index (χ1n) is 7.66. The summed E-state index contributed by atoms with van der Waals surface area (Å²) in [4.78, 5) is 31.0. The predicted molar refractivity (Wildman–Crippen MR) is 96.3 cm³/mol. The maximum atomic E-state index is 12.7. The number of amides is 1. The maximum absolute atomic E-state index is 12.7. The lowest BCUT2D eigenvalue weighted by molar-refractivity contribution is -0.132. The molecule has 1 saturated heterocycles. The van der Waals surface area contributed by atoms with Crippen LogP contribution in [-0.2, 0) is 11.3 Å². The third-order valence-corrected chi connectivity index (χ3v) is 5.70. The number of halogens is 1. The molecule has 3 rings (SSSR count). The van der Waals surface area contributed by atoms with Gasteiger partial charge in [0, 0.05) is 28.6 Å². The first kappa shape index (κ1) is 17.0. The molecule has 24 heavy (non-hydrogen) atoms. The molecule has 1 aromatic carbocycles. The fourth-order valence-electron chi connectivity index (χ4n) is 2.65. The summed E-state index contributed by atoms with van der Waals surface area (Å²) in [5.74, 6) is 0.797.